The highest BCUT2D eigenvalue weighted by Gasteiger charge is 2.44. The molecule has 2 N–H and O–H groups in total. The zero-order valence-corrected chi connectivity index (χ0v) is 28.0. The molecule has 0 bridgehead atoms. The number of fused-ring (bicyclic) bond motifs is 1. The average Bonchev–Trinajstić information content (AvgIpc) is 3.44. The Hall–Kier alpha value is -4.61. The van der Waals surface area contributed by atoms with Gasteiger partial charge in [-0.25, -0.2) is 9.78 Å². The van der Waals surface area contributed by atoms with Crippen molar-refractivity contribution in [1.82, 2.24) is 23.9 Å². The van der Waals surface area contributed by atoms with Gasteiger partial charge in [-0.15, -0.1) is 0 Å². The molecule has 2 aliphatic rings. The molecule has 278 valence electrons. The number of ether oxygens (including phenoxy) is 1. The Labute approximate surface area is 296 Å². The van der Waals surface area contributed by atoms with Gasteiger partial charge in [-0.2, -0.15) is 26.3 Å². The molecule has 18 heteroatoms. The number of nitrogens with zero attached hydrogens (tertiary/aromatic N) is 5. The molecule has 4 heterocycles. The Bertz CT molecular complexity index is 2030. The number of halogens is 7. The topological polar surface area (TPSA) is 130 Å². The SMILES string of the molecule is O=C(CC(c1ccccc1)C(F)(F)F)N1CCC(O)(Cn2cnc3c(cc(Cl)n3-c3ccc([C@@H]4COCCN4C(=O)O)c(C(F)(F)F)c3)c2=O)CC1. The van der Waals surface area contributed by atoms with Crippen molar-refractivity contribution in [2.75, 3.05) is 32.8 Å². The molecule has 11 nitrogen and oxygen atoms in total. The number of rotatable bonds is 7. The summed E-state index contributed by atoms with van der Waals surface area (Å²) in [5.74, 6) is -2.72. The fraction of sp³-hybridized carbons (Fsp3) is 0.412. The molecule has 2 atom stereocenters. The molecule has 2 saturated heterocycles. The van der Waals surface area contributed by atoms with E-state index in [1.807, 2.05) is 0 Å². The predicted molar refractivity (Wildman–Crippen MR) is 174 cm³/mol. The summed E-state index contributed by atoms with van der Waals surface area (Å²) < 4.78 is 92.1. The number of benzene rings is 2. The zero-order chi connectivity index (χ0) is 37.6. The van der Waals surface area contributed by atoms with Gasteiger partial charge in [-0.05, 0) is 42.2 Å². The first-order chi connectivity index (χ1) is 24.5. The van der Waals surface area contributed by atoms with Crippen LogP contribution in [0.1, 0.15) is 47.9 Å². The molecule has 0 aliphatic carbocycles. The predicted octanol–water partition coefficient (Wildman–Crippen LogP) is 6.00. The summed E-state index contributed by atoms with van der Waals surface area (Å²) in [6, 6.07) is 10.3. The van der Waals surface area contributed by atoms with Gasteiger partial charge >= 0.3 is 18.4 Å². The van der Waals surface area contributed by atoms with E-state index in [2.05, 4.69) is 4.98 Å². The number of likely N-dealkylation sites (tertiary alicyclic amines) is 1. The van der Waals surface area contributed by atoms with Gasteiger partial charge in [0, 0.05) is 31.7 Å². The quantitative estimate of drug-likeness (QED) is 0.222. The third-order valence-electron chi connectivity index (χ3n) is 9.56. The van der Waals surface area contributed by atoms with E-state index in [0.717, 1.165) is 32.5 Å². The van der Waals surface area contributed by atoms with Crippen LogP contribution in [0.25, 0.3) is 16.7 Å². The van der Waals surface area contributed by atoms with E-state index in [9.17, 15) is 50.9 Å². The Morgan fingerprint density at radius 1 is 1.02 bits per heavy atom. The van der Waals surface area contributed by atoms with Crippen molar-refractivity contribution >= 4 is 34.6 Å². The van der Waals surface area contributed by atoms with Crippen LogP contribution >= 0.6 is 11.6 Å². The first-order valence-corrected chi connectivity index (χ1v) is 16.5. The lowest BCUT2D eigenvalue weighted by Gasteiger charge is -2.39. The molecule has 2 aliphatic heterocycles. The van der Waals surface area contributed by atoms with Crippen molar-refractivity contribution in [1.29, 1.82) is 0 Å². The number of carboxylic acid groups (broad SMARTS) is 1. The Morgan fingerprint density at radius 2 is 1.71 bits per heavy atom. The van der Waals surface area contributed by atoms with E-state index < -0.39 is 59.5 Å². The van der Waals surface area contributed by atoms with Crippen LogP contribution in [0.5, 0.6) is 0 Å². The monoisotopic (exact) mass is 755 g/mol. The molecule has 4 aromatic rings. The Morgan fingerprint density at radius 3 is 2.35 bits per heavy atom. The van der Waals surface area contributed by atoms with Crippen LogP contribution in [0.3, 0.4) is 0 Å². The summed E-state index contributed by atoms with van der Waals surface area (Å²) in [5.41, 5.74) is -3.86. The number of carbonyl (C=O) groups is 2. The van der Waals surface area contributed by atoms with Crippen LogP contribution in [0.2, 0.25) is 5.15 Å². The third-order valence-corrected chi connectivity index (χ3v) is 9.84. The minimum atomic E-state index is -4.90. The van der Waals surface area contributed by atoms with E-state index in [1.54, 1.807) is 6.07 Å². The van der Waals surface area contributed by atoms with Gasteiger partial charge in [0.15, 0.2) is 5.65 Å². The maximum absolute atomic E-state index is 14.4. The number of aromatic nitrogens is 3. The number of morpholine rings is 1. The van der Waals surface area contributed by atoms with E-state index in [1.165, 1.54) is 41.3 Å². The first-order valence-electron chi connectivity index (χ1n) is 16.1. The number of hydrogen-bond donors (Lipinski definition) is 2. The minimum absolute atomic E-state index is 0.0346. The number of aliphatic hydroxyl groups is 1. The molecule has 0 spiro atoms. The van der Waals surface area contributed by atoms with Crippen LogP contribution in [0.4, 0.5) is 31.1 Å². The van der Waals surface area contributed by atoms with Gasteiger partial charge in [-0.1, -0.05) is 48.0 Å². The molecule has 2 aromatic heterocycles. The van der Waals surface area contributed by atoms with Gasteiger partial charge in [0.25, 0.3) is 5.56 Å². The van der Waals surface area contributed by atoms with E-state index in [0.29, 0.717) is 0 Å². The van der Waals surface area contributed by atoms with Gasteiger partial charge in [0.05, 0.1) is 48.3 Å². The molecular formula is C34H32ClF6N5O6. The smallest absolute Gasteiger partial charge is 0.416 e. The van der Waals surface area contributed by atoms with Gasteiger partial charge in [0.2, 0.25) is 5.91 Å². The maximum Gasteiger partial charge on any atom is 0.416 e. The largest absolute Gasteiger partial charge is 0.465 e. The van der Waals surface area contributed by atoms with Crippen molar-refractivity contribution in [3.05, 3.63) is 93.1 Å². The van der Waals surface area contributed by atoms with Gasteiger partial charge in [0.1, 0.15) is 11.5 Å². The minimum Gasteiger partial charge on any atom is -0.465 e. The number of alkyl halides is 6. The van der Waals surface area contributed by atoms with Crippen molar-refractivity contribution in [3.8, 4) is 5.69 Å². The highest BCUT2D eigenvalue weighted by Crippen LogP contribution is 2.40. The van der Waals surface area contributed by atoms with Crippen LogP contribution in [0, 0.1) is 0 Å². The van der Waals surface area contributed by atoms with E-state index >= 15 is 0 Å². The summed E-state index contributed by atoms with van der Waals surface area (Å²) in [5, 5.41) is 20.7. The molecule has 52 heavy (non-hydrogen) atoms. The highest BCUT2D eigenvalue weighted by atomic mass is 35.5. The standard InChI is InChI=1S/C34H32ClF6N5O6/c35-27-15-23-29(46(27)21-6-7-22(25(14-21)34(39,40)41)26-17-52-13-12-45(26)31(49)50)42-19-44(30(23)48)18-32(51)8-10-43(11-9-32)28(47)16-24(33(36,37)38)20-4-2-1-3-5-20/h1-7,14-15,19,24,26,51H,8-13,16-18H2,(H,49,50)/t24?,26-/m0/s1. The summed E-state index contributed by atoms with van der Waals surface area (Å²) >= 11 is 6.44. The molecule has 0 saturated carbocycles. The molecular weight excluding hydrogens is 724 g/mol. The second kappa shape index (κ2) is 14.1. The summed E-state index contributed by atoms with van der Waals surface area (Å²) in [4.78, 5) is 44.7. The molecule has 6 rings (SSSR count). The van der Waals surface area contributed by atoms with Gasteiger partial charge < -0.3 is 19.8 Å². The fourth-order valence-corrected chi connectivity index (χ4v) is 7.10. The summed E-state index contributed by atoms with van der Waals surface area (Å²) in [7, 11) is 0. The number of carbonyl (C=O) groups excluding carboxylic acids is 1. The maximum atomic E-state index is 14.4. The lowest BCUT2D eigenvalue weighted by Crippen LogP contribution is -2.50. The number of amides is 2. The van der Waals surface area contributed by atoms with Gasteiger partial charge in [-0.3, -0.25) is 23.6 Å². The lowest BCUT2D eigenvalue weighted by atomic mass is 9.89. The highest BCUT2D eigenvalue weighted by molar-refractivity contribution is 6.31. The third kappa shape index (κ3) is 7.47. The Kier molecular flexibility index (Phi) is 10.1. The number of hydrogen-bond acceptors (Lipinski definition) is 6. The summed E-state index contributed by atoms with van der Waals surface area (Å²) in [6.07, 6.45) is -10.8. The van der Waals surface area contributed by atoms with Crippen LogP contribution in [-0.2, 0) is 22.3 Å². The Balaban J connectivity index is 1.21. The molecule has 2 aromatic carbocycles. The lowest BCUT2D eigenvalue weighted by molar-refractivity contribution is -0.162. The van der Waals surface area contributed by atoms with Crippen LogP contribution in [0.15, 0.2) is 65.7 Å². The zero-order valence-electron chi connectivity index (χ0n) is 27.2. The van der Waals surface area contributed by atoms with Crippen LogP contribution in [-0.4, -0.2) is 90.8 Å². The molecule has 2 fully saturated rings. The fourth-order valence-electron chi connectivity index (χ4n) is 6.81. The average molecular weight is 756 g/mol. The van der Waals surface area contributed by atoms with E-state index in [4.69, 9.17) is 16.3 Å². The van der Waals surface area contributed by atoms with Crippen molar-refractivity contribution in [3.63, 3.8) is 0 Å². The first kappa shape index (κ1) is 37.2. The summed E-state index contributed by atoms with van der Waals surface area (Å²) in [6.45, 7) is -0.771. The second-order valence-electron chi connectivity index (χ2n) is 12.9. The van der Waals surface area contributed by atoms with Crippen molar-refractivity contribution in [2.45, 2.75) is 55.7 Å². The second-order valence-corrected chi connectivity index (χ2v) is 13.3. The molecule has 2 amide bonds. The molecule has 0 radical (unpaired) electrons. The van der Waals surface area contributed by atoms with Crippen molar-refractivity contribution < 1.29 is 50.9 Å². The van der Waals surface area contributed by atoms with Crippen LogP contribution < -0.4 is 5.56 Å². The van der Waals surface area contributed by atoms with Crippen molar-refractivity contribution in [2.24, 2.45) is 0 Å². The normalized spacial score (nSPS) is 18.8. The van der Waals surface area contributed by atoms with E-state index in [-0.39, 0.29) is 85.2 Å². The number of piperidine rings is 1. The molecule has 1 unspecified atom stereocenters.